The normalized spacial score (nSPS) is 16.3. The SMILES string of the molecule is Fc1cc2c(cc1I)[nH]c(=S)n2CCOC1CCCC1. The van der Waals surface area contributed by atoms with Crippen LogP contribution in [0.2, 0.25) is 0 Å². The standard InChI is InChI=1S/C14H16FIN2OS/c15-10-7-13-12(8-11(10)16)17-14(20)18(13)5-6-19-9-3-1-2-4-9/h7-9H,1-6H2,(H,17,20). The van der Waals surface area contributed by atoms with E-state index in [4.69, 9.17) is 17.0 Å². The molecular weight excluding hydrogens is 390 g/mol. The smallest absolute Gasteiger partial charge is 0.178 e. The van der Waals surface area contributed by atoms with E-state index in [2.05, 4.69) is 4.98 Å². The molecule has 20 heavy (non-hydrogen) atoms. The second-order valence-corrected chi connectivity index (χ2v) is 6.69. The number of rotatable bonds is 4. The summed E-state index contributed by atoms with van der Waals surface area (Å²) in [6.07, 6.45) is 5.24. The Morgan fingerprint density at radius 2 is 2.15 bits per heavy atom. The Hall–Kier alpha value is -0.470. The number of benzene rings is 1. The van der Waals surface area contributed by atoms with Crippen molar-refractivity contribution in [3.8, 4) is 0 Å². The highest BCUT2D eigenvalue weighted by molar-refractivity contribution is 14.1. The summed E-state index contributed by atoms with van der Waals surface area (Å²) in [6.45, 7) is 1.29. The lowest BCUT2D eigenvalue weighted by molar-refractivity contribution is 0.0533. The minimum atomic E-state index is -0.211. The first kappa shape index (κ1) is 14.5. The molecule has 0 radical (unpaired) electrons. The number of aromatic amines is 1. The molecule has 0 amide bonds. The van der Waals surface area contributed by atoms with Gasteiger partial charge in [0.25, 0.3) is 0 Å². The highest BCUT2D eigenvalue weighted by Crippen LogP contribution is 2.22. The topological polar surface area (TPSA) is 29.9 Å². The van der Waals surface area contributed by atoms with Crippen LogP contribution in [-0.2, 0) is 11.3 Å². The van der Waals surface area contributed by atoms with E-state index in [0.717, 1.165) is 23.9 Å². The van der Waals surface area contributed by atoms with Crippen molar-refractivity contribution in [1.29, 1.82) is 0 Å². The van der Waals surface area contributed by atoms with Crippen LogP contribution < -0.4 is 0 Å². The lowest BCUT2D eigenvalue weighted by Crippen LogP contribution is -2.13. The van der Waals surface area contributed by atoms with Crippen LogP contribution in [0.4, 0.5) is 4.39 Å². The molecule has 0 saturated heterocycles. The largest absolute Gasteiger partial charge is 0.376 e. The van der Waals surface area contributed by atoms with Crippen molar-refractivity contribution in [3.05, 3.63) is 26.3 Å². The Bertz CT molecular complexity index is 676. The zero-order valence-corrected chi connectivity index (χ0v) is 14.0. The number of nitrogens with zero attached hydrogens (tertiary/aromatic N) is 1. The zero-order chi connectivity index (χ0) is 14.1. The van der Waals surface area contributed by atoms with Gasteiger partial charge in [-0.15, -0.1) is 0 Å². The number of aromatic nitrogens is 2. The van der Waals surface area contributed by atoms with Crippen LogP contribution in [0.1, 0.15) is 25.7 Å². The van der Waals surface area contributed by atoms with E-state index in [9.17, 15) is 4.39 Å². The van der Waals surface area contributed by atoms with Crippen LogP contribution in [0.25, 0.3) is 11.0 Å². The molecule has 1 aliphatic carbocycles. The third-order valence-corrected chi connectivity index (χ3v) is 4.94. The highest BCUT2D eigenvalue weighted by atomic mass is 127. The molecule has 6 heteroatoms. The molecule has 0 bridgehead atoms. The first-order valence-electron chi connectivity index (χ1n) is 6.84. The molecule has 0 aliphatic heterocycles. The van der Waals surface area contributed by atoms with Gasteiger partial charge in [-0.25, -0.2) is 4.39 Å². The molecule has 1 saturated carbocycles. The molecule has 1 heterocycles. The second-order valence-electron chi connectivity index (χ2n) is 5.14. The number of fused-ring (bicyclic) bond motifs is 1. The van der Waals surface area contributed by atoms with Crippen molar-refractivity contribution >= 4 is 45.8 Å². The first-order valence-corrected chi connectivity index (χ1v) is 8.33. The van der Waals surface area contributed by atoms with Crippen molar-refractivity contribution in [2.45, 2.75) is 38.3 Å². The molecule has 2 aromatic rings. The molecule has 1 aliphatic rings. The van der Waals surface area contributed by atoms with Gasteiger partial charge in [-0.05, 0) is 53.7 Å². The third kappa shape index (κ3) is 2.92. The van der Waals surface area contributed by atoms with Crippen molar-refractivity contribution in [3.63, 3.8) is 0 Å². The minimum Gasteiger partial charge on any atom is -0.376 e. The first-order chi connectivity index (χ1) is 9.65. The molecule has 3 rings (SSSR count). The van der Waals surface area contributed by atoms with Gasteiger partial charge in [0.05, 0.1) is 27.3 Å². The maximum absolute atomic E-state index is 13.7. The van der Waals surface area contributed by atoms with Crippen LogP contribution in [0.15, 0.2) is 12.1 Å². The molecule has 0 unspecified atom stereocenters. The number of imidazole rings is 1. The summed E-state index contributed by atoms with van der Waals surface area (Å²) in [5.74, 6) is -0.211. The summed E-state index contributed by atoms with van der Waals surface area (Å²) >= 11 is 7.30. The number of ether oxygens (including phenoxy) is 1. The van der Waals surface area contributed by atoms with Crippen LogP contribution >= 0.6 is 34.8 Å². The Morgan fingerprint density at radius 1 is 1.40 bits per heavy atom. The molecule has 108 valence electrons. The lowest BCUT2D eigenvalue weighted by atomic mass is 10.3. The Kier molecular flexibility index (Phi) is 4.42. The predicted molar refractivity (Wildman–Crippen MR) is 88.0 cm³/mol. The van der Waals surface area contributed by atoms with E-state index in [0.29, 0.717) is 27.6 Å². The lowest BCUT2D eigenvalue weighted by Gasteiger charge is -2.11. The molecule has 1 aromatic heterocycles. The van der Waals surface area contributed by atoms with Crippen LogP contribution in [0.5, 0.6) is 0 Å². The fraction of sp³-hybridized carbons (Fsp3) is 0.500. The molecule has 3 nitrogen and oxygen atoms in total. The van der Waals surface area contributed by atoms with Gasteiger partial charge in [0, 0.05) is 12.6 Å². The van der Waals surface area contributed by atoms with Gasteiger partial charge >= 0.3 is 0 Å². The fourth-order valence-corrected chi connectivity index (χ4v) is 3.51. The summed E-state index contributed by atoms with van der Waals surface area (Å²) in [5.41, 5.74) is 1.68. The monoisotopic (exact) mass is 406 g/mol. The van der Waals surface area contributed by atoms with Gasteiger partial charge in [0.2, 0.25) is 0 Å². The van der Waals surface area contributed by atoms with Crippen LogP contribution in [-0.4, -0.2) is 22.3 Å². The number of H-pyrrole nitrogens is 1. The Balaban J connectivity index is 1.78. The number of halogens is 2. The summed E-state index contributed by atoms with van der Waals surface area (Å²) in [7, 11) is 0. The Morgan fingerprint density at radius 3 is 2.90 bits per heavy atom. The van der Waals surface area contributed by atoms with Gasteiger partial charge in [-0.1, -0.05) is 12.8 Å². The molecule has 1 N–H and O–H groups in total. The van der Waals surface area contributed by atoms with E-state index in [1.807, 2.05) is 27.2 Å². The third-order valence-electron chi connectivity index (χ3n) is 3.79. The van der Waals surface area contributed by atoms with Crippen molar-refractivity contribution < 1.29 is 9.13 Å². The maximum Gasteiger partial charge on any atom is 0.178 e. The van der Waals surface area contributed by atoms with Gasteiger partial charge < -0.3 is 14.3 Å². The number of hydrogen-bond acceptors (Lipinski definition) is 2. The predicted octanol–water partition coefficient (Wildman–Crippen LogP) is 4.40. The minimum absolute atomic E-state index is 0.211. The van der Waals surface area contributed by atoms with Gasteiger partial charge in [0.15, 0.2) is 4.77 Å². The van der Waals surface area contributed by atoms with E-state index >= 15 is 0 Å². The molecule has 1 aromatic carbocycles. The number of nitrogens with one attached hydrogen (secondary N) is 1. The fourth-order valence-electron chi connectivity index (χ4n) is 2.74. The highest BCUT2D eigenvalue weighted by Gasteiger charge is 2.15. The quantitative estimate of drug-likeness (QED) is 0.603. The summed E-state index contributed by atoms with van der Waals surface area (Å²) < 4.78 is 22.7. The van der Waals surface area contributed by atoms with Gasteiger partial charge in [0.1, 0.15) is 5.82 Å². The van der Waals surface area contributed by atoms with Crippen molar-refractivity contribution in [1.82, 2.24) is 9.55 Å². The van der Waals surface area contributed by atoms with Crippen LogP contribution in [0, 0.1) is 14.2 Å². The number of hydrogen-bond donors (Lipinski definition) is 1. The van der Waals surface area contributed by atoms with Crippen LogP contribution in [0.3, 0.4) is 0 Å². The average Bonchev–Trinajstić information content (AvgIpc) is 3.01. The van der Waals surface area contributed by atoms with E-state index in [1.165, 1.54) is 12.8 Å². The average molecular weight is 406 g/mol. The van der Waals surface area contributed by atoms with Crippen molar-refractivity contribution in [2.75, 3.05) is 6.61 Å². The van der Waals surface area contributed by atoms with E-state index in [1.54, 1.807) is 12.1 Å². The summed E-state index contributed by atoms with van der Waals surface area (Å²) in [6, 6.07) is 3.33. The summed E-state index contributed by atoms with van der Waals surface area (Å²) in [4.78, 5) is 3.12. The maximum atomic E-state index is 13.7. The van der Waals surface area contributed by atoms with Gasteiger partial charge in [-0.2, -0.15) is 0 Å². The van der Waals surface area contributed by atoms with Gasteiger partial charge in [-0.3, -0.25) is 0 Å². The molecule has 0 spiro atoms. The van der Waals surface area contributed by atoms with E-state index in [-0.39, 0.29) is 5.82 Å². The molecule has 0 atom stereocenters. The Labute approximate surface area is 135 Å². The molecular formula is C14H16FIN2OS. The zero-order valence-electron chi connectivity index (χ0n) is 11.0. The van der Waals surface area contributed by atoms with E-state index < -0.39 is 0 Å². The van der Waals surface area contributed by atoms with Crippen molar-refractivity contribution in [2.24, 2.45) is 0 Å². The summed E-state index contributed by atoms with van der Waals surface area (Å²) in [5, 5.41) is 0. The second kappa shape index (κ2) is 6.11. The molecule has 1 fully saturated rings.